The Kier molecular flexibility index (Phi) is 6.74. The summed E-state index contributed by atoms with van der Waals surface area (Å²) in [5.41, 5.74) is 2.74. The summed E-state index contributed by atoms with van der Waals surface area (Å²) in [4.78, 5) is 17.4. The van der Waals surface area contributed by atoms with Crippen molar-refractivity contribution in [1.82, 2.24) is 14.8 Å². The minimum absolute atomic E-state index is 0.167. The van der Waals surface area contributed by atoms with Gasteiger partial charge in [0.2, 0.25) is 0 Å². The van der Waals surface area contributed by atoms with Crippen LogP contribution in [0.15, 0.2) is 76.4 Å². The van der Waals surface area contributed by atoms with Gasteiger partial charge >= 0.3 is 0 Å². The number of nitrogens with one attached hydrogen (secondary N) is 2. The molecule has 8 nitrogen and oxygen atoms in total. The number of benzene rings is 2. The first-order valence-corrected chi connectivity index (χ1v) is 12.7. The van der Waals surface area contributed by atoms with Crippen molar-refractivity contribution in [3.05, 3.63) is 93.3 Å². The number of sulfonamides is 1. The van der Waals surface area contributed by atoms with Crippen LogP contribution in [-0.4, -0.2) is 29.1 Å². The maximum absolute atomic E-state index is 13.0. The quantitative estimate of drug-likeness (QED) is 0.331. The lowest BCUT2D eigenvalue weighted by Gasteiger charge is -2.13. The maximum atomic E-state index is 13.0. The zero-order valence-corrected chi connectivity index (χ0v) is 21.2. The molecule has 2 aromatic heterocycles. The van der Waals surface area contributed by atoms with E-state index in [1.807, 2.05) is 6.92 Å². The number of amides is 1. The number of carbonyl (C=O) groups excluding carboxylic acids is 1. The van der Waals surface area contributed by atoms with Crippen LogP contribution in [0.2, 0.25) is 5.02 Å². The molecular formula is C23H19BrClN5O3S. The summed E-state index contributed by atoms with van der Waals surface area (Å²) in [7, 11) is -3.74. The molecule has 0 saturated heterocycles. The highest BCUT2D eigenvalue weighted by molar-refractivity contribution is 9.10. The second-order valence-corrected chi connectivity index (χ2v) is 10.4. The molecule has 2 N–H and O–H groups in total. The molecule has 174 valence electrons. The molecule has 0 atom stereocenters. The Morgan fingerprint density at radius 3 is 2.47 bits per heavy atom. The van der Waals surface area contributed by atoms with Crippen molar-refractivity contribution >= 4 is 54.8 Å². The van der Waals surface area contributed by atoms with Crippen LogP contribution in [0.1, 0.15) is 21.6 Å². The molecule has 0 aliphatic heterocycles. The van der Waals surface area contributed by atoms with Gasteiger partial charge < -0.3 is 5.32 Å². The van der Waals surface area contributed by atoms with Crippen LogP contribution in [0.25, 0.3) is 5.82 Å². The van der Waals surface area contributed by atoms with Crippen molar-refractivity contribution < 1.29 is 13.2 Å². The molecule has 0 aliphatic carbocycles. The molecule has 11 heteroatoms. The Morgan fingerprint density at radius 1 is 1.06 bits per heavy atom. The van der Waals surface area contributed by atoms with Crippen LogP contribution in [0.4, 0.5) is 11.4 Å². The SMILES string of the molecule is Cc1ccc(S(=O)(=O)Nc2ccc(NC(=O)c3cc(Br)nn3-c3ncccc3Cl)c(C)c2)cc1. The van der Waals surface area contributed by atoms with Crippen LogP contribution in [0, 0.1) is 13.8 Å². The monoisotopic (exact) mass is 559 g/mol. The van der Waals surface area contributed by atoms with Crippen molar-refractivity contribution in [2.45, 2.75) is 18.7 Å². The number of rotatable bonds is 6. The number of anilines is 2. The molecule has 0 unspecified atom stereocenters. The van der Waals surface area contributed by atoms with Gasteiger partial charge in [-0.3, -0.25) is 9.52 Å². The third kappa shape index (κ3) is 5.14. The summed E-state index contributed by atoms with van der Waals surface area (Å²) in [5, 5.41) is 7.43. The average molecular weight is 561 g/mol. The number of nitrogens with zero attached hydrogens (tertiary/aromatic N) is 3. The molecule has 34 heavy (non-hydrogen) atoms. The van der Waals surface area contributed by atoms with Gasteiger partial charge in [0, 0.05) is 23.6 Å². The first-order valence-electron chi connectivity index (χ1n) is 10.0. The number of halogens is 2. The van der Waals surface area contributed by atoms with E-state index in [4.69, 9.17) is 11.6 Å². The van der Waals surface area contributed by atoms with Crippen molar-refractivity contribution in [3.63, 3.8) is 0 Å². The molecule has 0 radical (unpaired) electrons. The fraction of sp³-hybridized carbons (Fsp3) is 0.0870. The Balaban J connectivity index is 1.56. The zero-order chi connectivity index (χ0) is 24.5. The minimum Gasteiger partial charge on any atom is -0.320 e. The second-order valence-electron chi connectivity index (χ2n) is 7.48. The second kappa shape index (κ2) is 9.57. The first kappa shape index (κ1) is 23.9. The van der Waals surface area contributed by atoms with E-state index in [0.717, 1.165) is 5.56 Å². The van der Waals surface area contributed by atoms with Crippen LogP contribution in [-0.2, 0) is 10.0 Å². The topological polar surface area (TPSA) is 106 Å². The van der Waals surface area contributed by atoms with E-state index >= 15 is 0 Å². The molecule has 4 rings (SSSR count). The summed E-state index contributed by atoms with van der Waals surface area (Å²) >= 11 is 9.51. The predicted octanol–water partition coefficient (Wildman–Crippen LogP) is 5.35. The van der Waals surface area contributed by atoms with E-state index in [-0.39, 0.29) is 10.6 Å². The predicted molar refractivity (Wildman–Crippen MR) is 135 cm³/mol. The summed E-state index contributed by atoms with van der Waals surface area (Å²) in [6.07, 6.45) is 1.55. The van der Waals surface area contributed by atoms with E-state index in [2.05, 4.69) is 36.1 Å². The molecule has 2 heterocycles. The van der Waals surface area contributed by atoms with Crippen molar-refractivity contribution in [3.8, 4) is 5.82 Å². The number of aromatic nitrogens is 3. The molecule has 0 aliphatic rings. The van der Waals surface area contributed by atoms with Crippen molar-refractivity contribution in [2.24, 2.45) is 0 Å². The number of aryl methyl sites for hydroxylation is 2. The van der Waals surface area contributed by atoms with Crippen LogP contribution < -0.4 is 10.0 Å². The van der Waals surface area contributed by atoms with Gasteiger partial charge in [-0.15, -0.1) is 0 Å². The fourth-order valence-electron chi connectivity index (χ4n) is 3.19. The molecule has 1 amide bonds. The third-order valence-corrected chi connectivity index (χ3v) is 6.99. The molecule has 0 saturated carbocycles. The molecule has 0 bridgehead atoms. The molecule has 0 spiro atoms. The number of hydrogen-bond acceptors (Lipinski definition) is 5. The van der Waals surface area contributed by atoms with Gasteiger partial charge in [-0.1, -0.05) is 29.3 Å². The Bertz CT molecular complexity index is 1490. The lowest BCUT2D eigenvalue weighted by molar-refractivity contribution is 0.101. The van der Waals surface area contributed by atoms with E-state index in [1.54, 1.807) is 73.8 Å². The average Bonchev–Trinajstić information content (AvgIpc) is 3.17. The van der Waals surface area contributed by atoms with Gasteiger partial charge in [0.25, 0.3) is 15.9 Å². The highest BCUT2D eigenvalue weighted by Gasteiger charge is 2.20. The van der Waals surface area contributed by atoms with Crippen LogP contribution >= 0.6 is 27.5 Å². The largest absolute Gasteiger partial charge is 0.320 e. The van der Waals surface area contributed by atoms with Gasteiger partial charge in [-0.2, -0.15) is 5.10 Å². The zero-order valence-electron chi connectivity index (χ0n) is 18.1. The molecule has 0 fully saturated rings. The van der Waals surface area contributed by atoms with E-state index < -0.39 is 15.9 Å². The summed E-state index contributed by atoms with van der Waals surface area (Å²) < 4.78 is 29.7. The van der Waals surface area contributed by atoms with Gasteiger partial charge in [0.05, 0.1) is 9.92 Å². The number of pyridine rings is 1. The summed E-state index contributed by atoms with van der Waals surface area (Å²) in [6.45, 7) is 3.65. The van der Waals surface area contributed by atoms with Gasteiger partial charge in [-0.25, -0.2) is 18.1 Å². The lowest BCUT2D eigenvalue weighted by Crippen LogP contribution is -2.18. The first-order chi connectivity index (χ1) is 16.1. The molecular weight excluding hydrogens is 542 g/mol. The number of carbonyl (C=O) groups is 1. The Morgan fingerprint density at radius 2 is 1.79 bits per heavy atom. The molecule has 4 aromatic rings. The Labute approximate surface area is 210 Å². The van der Waals surface area contributed by atoms with Crippen molar-refractivity contribution in [2.75, 3.05) is 10.0 Å². The van der Waals surface area contributed by atoms with Gasteiger partial charge in [0.15, 0.2) is 5.82 Å². The fourth-order valence-corrected chi connectivity index (χ4v) is 4.82. The highest BCUT2D eigenvalue weighted by Crippen LogP contribution is 2.25. The minimum atomic E-state index is -3.74. The molecule has 2 aromatic carbocycles. The highest BCUT2D eigenvalue weighted by atomic mass is 79.9. The van der Waals surface area contributed by atoms with E-state index in [1.165, 1.54) is 4.68 Å². The van der Waals surface area contributed by atoms with Gasteiger partial charge in [-0.05, 0) is 77.8 Å². The summed E-state index contributed by atoms with van der Waals surface area (Å²) in [6, 6.07) is 16.3. The third-order valence-electron chi connectivity index (χ3n) is 4.91. The normalized spacial score (nSPS) is 11.3. The van der Waals surface area contributed by atoms with Crippen LogP contribution in [0.5, 0.6) is 0 Å². The van der Waals surface area contributed by atoms with E-state index in [9.17, 15) is 13.2 Å². The lowest BCUT2D eigenvalue weighted by atomic mass is 10.2. The van der Waals surface area contributed by atoms with Gasteiger partial charge in [0.1, 0.15) is 10.3 Å². The summed E-state index contributed by atoms with van der Waals surface area (Å²) in [5.74, 6) is -0.117. The van der Waals surface area contributed by atoms with Crippen LogP contribution in [0.3, 0.4) is 0 Å². The van der Waals surface area contributed by atoms with Crippen molar-refractivity contribution in [1.29, 1.82) is 0 Å². The maximum Gasteiger partial charge on any atom is 0.274 e. The Hall–Kier alpha value is -3.21. The smallest absolute Gasteiger partial charge is 0.274 e. The van der Waals surface area contributed by atoms with E-state index in [0.29, 0.717) is 32.4 Å². The standard InChI is InChI=1S/C23H19BrClN5O3S/c1-14-5-8-17(9-6-14)34(32,33)29-16-7-10-19(15(2)12-16)27-23(31)20-13-21(24)28-30(20)22-18(25)4-3-11-26-22/h3-13,29H,1-2H3,(H,27,31). The number of hydrogen-bond donors (Lipinski definition) is 2.